The van der Waals surface area contributed by atoms with Crippen LogP contribution in [0.15, 0.2) is 40.8 Å². The second-order valence-electron chi connectivity index (χ2n) is 11.6. The van der Waals surface area contributed by atoms with Crippen LogP contribution in [0.4, 0.5) is 10.1 Å². The van der Waals surface area contributed by atoms with Gasteiger partial charge in [0, 0.05) is 62.9 Å². The molecular formula is C30H36FN5O3. The Balaban J connectivity index is 1.29. The van der Waals surface area contributed by atoms with Crippen LogP contribution >= 0.6 is 0 Å². The Morgan fingerprint density at radius 3 is 2.74 bits per heavy atom. The summed E-state index contributed by atoms with van der Waals surface area (Å²) in [5.41, 5.74) is 7.75. The van der Waals surface area contributed by atoms with E-state index in [1.54, 1.807) is 19.2 Å². The molecule has 0 spiro atoms. The fourth-order valence-electron chi connectivity index (χ4n) is 7.40. The van der Waals surface area contributed by atoms with E-state index in [9.17, 15) is 9.18 Å². The monoisotopic (exact) mass is 533 g/mol. The average molecular weight is 534 g/mol. The molecule has 3 saturated heterocycles. The van der Waals surface area contributed by atoms with Crippen LogP contribution in [0.25, 0.3) is 22.3 Å². The molecule has 2 aromatic carbocycles. The van der Waals surface area contributed by atoms with Crippen molar-refractivity contribution < 1.29 is 18.3 Å². The fourth-order valence-corrected chi connectivity index (χ4v) is 7.40. The first-order chi connectivity index (χ1) is 18.9. The number of hydrogen-bond donors (Lipinski definition) is 3. The summed E-state index contributed by atoms with van der Waals surface area (Å²) >= 11 is 0. The van der Waals surface area contributed by atoms with Gasteiger partial charge in [-0.05, 0) is 61.1 Å². The minimum absolute atomic E-state index is 0.0128. The van der Waals surface area contributed by atoms with Gasteiger partial charge >= 0.3 is 0 Å². The topological polar surface area (TPSA) is 82.0 Å². The van der Waals surface area contributed by atoms with Gasteiger partial charge < -0.3 is 19.4 Å². The maximum atomic E-state index is 13.7. The second-order valence-corrected chi connectivity index (χ2v) is 11.6. The zero-order valence-corrected chi connectivity index (χ0v) is 22.7. The van der Waals surface area contributed by atoms with Gasteiger partial charge in [0.1, 0.15) is 23.4 Å². The molecule has 9 heteroatoms. The van der Waals surface area contributed by atoms with Crippen molar-refractivity contribution in [3.63, 3.8) is 0 Å². The summed E-state index contributed by atoms with van der Waals surface area (Å²) in [6, 6.07) is 10.9. The Bertz CT molecular complexity index is 1410. The molecule has 0 bridgehead atoms. The number of ether oxygens (including phenoxy) is 1. The van der Waals surface area contributed by atoms with E-state index in [-0.39, 0.29) is 29.9 Å². The number of nitrogens with zero attached hydrogens (tertiary/aromatic N) is 2. The number of nitrogens with one attached hydrogen (secondary N) is 3. The molecule has 39 heavy (non-hydrogen) atoms. The van der Waals surface area contributed by atoms with Gasteiger partial charge in [-0.15, -0.1) is 0 Å². The molecule has 4 aliphatic rings. The van der Waals surface area contributed by atoms with Gasteiger partial charge in [-0.3, -0.25) is 15.5 Å². The molecule has 8 nitrogen and oxygen atoms in total. The molecule has 6 atom stereocenters. The van der Waals surface area contributed by atoms with Crippen LogP contribution in [-0.4, -0.2) is 69.6 Å². The van der Waals surface area contributed by atoms with Crippen LogP contribution in [0.3, 0.4) is 0 Å². The Kier molecular flexibility index (Phi) is 6.15. The number of carbonyl (C=O) groups excluding carboxylic acids is 1. The van der Waals surface area contributed by atoms with Gasteiger partial charge in [-0.25, -0.2) is 9.40 Å². The molecule has 3 N–H and O–H groups in total. The molecule has 1 aromatic heterocycles. The van der Waals surface area contributed by atoms with E-state index < -0.39 is 0 Å². The summed E-state index contributed by atoms with van der Waals surface area (Å²) in [6.07, 6.45) is 4.90. The van der Waals surface area contributed by atoms with Gasteiger partial charge in [0.25, 0.3) is 5.91 Å². The summed E-state index contributed by atoms with van der Waals surface area (Å²) in [4.78, 5) is 15.3. The van der Waals surface area contributed by atoms with Crippen molar-refractivity contribution in [1.82, 2.24) is 21.1 Å². The maximum absolute atomic E-state index is 13.7. The highest BCUT2D eigenvalue weighted by Crippen LogP contribution is 2.45. The molecule has 3 aromatic rings. The first-order valence-corrected chi connectivity index (χ1v) is 14.1. The lowest BCUT2D eigenvalue weighted by Gasteiger charge is -2.52. The van der Waals surface area contributed by atoms with Crippen molar-refractivity contribution in [3.05, 3.63) is 53.3 Å². The third-order valence-corrected chi connectivity index (χ3v) is 9.22. The zero-order valence-electron chi connectivity index (χ0n) is 22.7. The second kappa shape index (κ2) is 9.59. The first kappa shape index (κ1) is 25.0. The summed E-state index contributed by atoms with van der Waals surface area (Å²) in [5.74, 6) is 0.768. The molecule has 206 valence electrons. The lowest BCUT2D eigenvalue weighted by Crippen LogP contribution is -2.68. The largest absolute Gasteiger partial charge is 0.455 e. The summed E-state index contributed by atoms with van der Waals surface area (Å²) in [7, 11) is 5.69. The molecule has 3 aliphatic heterocycles. The smallest absolute Gasteiger partial charge is 0.255 e. The number of morpholine rings is 1. The number of furan rings is 1. The Hall–Kier alpha value is -2.98. The minimum atomic E-state index is -0.332. The van der Waals surface area contributed by atoms with E-state index >= 15 is 0 Å². The highest BCUT2D eigenvalue weighted by atomic mass is 19.1. The van der Waals surface area contributed by atoms with Crippen LogP contribution in [0.1, 0.15) is 47.5 Å². The molecule has 6 unspecified atom stereocenters. The van der Waals surface area contributed by atoms with Crippen molar-refractivity contribution >= 4 is 22.6 Å². The van der Waals surface area contributed by atoms with E-state index in [4.69, 9.17) is 9.15 Å². The van der Waals surface area contributed by atoms with Crippen molar-refractivity contribution in [2.24, 2.45) is 5.92 Å². The minimum Gasteiger partial charge on any atom is -0.455 e. The number of benzene rings is 2. The average Bonchev–Trinajstić information content (AvgIpc) is 3.55. The van der Waals surface area contributed by atoms with Crippen LogP contribution in [0.2, 0.25) is 0 Å². The lowest BCUT2D eigenvalue weighted by molar-refractivity contribution is -0.189. The lowest BCUT2D eigenvalue weighted by atomic mass is 9.79. The molecule has 1 amide bonds. The summed E-state index contributed by atoms with van der Waals surface area (Å²) in [6.45, 7) is 1.82. The van der Waals surface area contributed by atoms with Crippen LogP contribution < -0.4 is 21.0 Å². The highest BCUT2D eigenvalue weighted by Gasteiger charge is 2.53. The molecule has 4 heterocycles. The molecule has 0 radical (unpaired) electrons. The summed E-state index contributed by atoms with van der Waals surface area (Å²) < 4.78 is 26.6. The number of carbonyl (C=O) groups is 1. The highest BCUT2D eigenvalue weighted by molar-refractivity contribution is 6.11. The SMILES string of the molecule is CNC(=O)c1c(-c2ccc(F)cc2)oc2cc(N(C)C)c(C3CNC4OC5CCCC6CNN(C4C3)C65)cc12. The Morgan fingerprint density at radius 1 is 1.15 bits per heavy atom. The number of piperidine rings is 1. The molecular weight excluding hydrogens is 497 g/mol. The number of hydrazine groups is 1. The van der Waals surface area contributed by atoms with Crippen molar-refractivity contribution in [3.8, 4) is 11.3 Å². The number of hydrogen-bond acceptors (Lipinski definition) is 7. The summed E-state index contributed by atoms with van der Waals surface area (Å²) in [5, 5.41) is 9.77. The van der Waals surface area contributed by atoms with Gasteiger partial charge in [0.05, 0.1) is 23.8 Å². The quantitative estimate of drug-likeness (QED) is 0.470. The molecule has 1 saturated carbocycles. The number of rotatable bonds is 4. The van der Waals surface area contributed by atoms with Gasteiger partial charge in [0.2, 0.25) is 0 Å². The van der Waals surface area contributed by atoms with Crippen LogP contribution in [-0.2, 0) is 4.74 Å². The Labute approximate surface area is 227 Å². The predicted octanol–water partition coefficient (Wildman–Crippen LogP) is 3.82. The number of halogens is 1. The zero-order chi connectivity index (χ0) is 26.8. The van der Waals surface area contributed by atoms with E-state index in [2.05, 4.69) is 32.0 Å². The van der Waals surface area contributed by atoms with Crippen molar-refractivity contribution in [1.29, 1.82) is 0 Å². The third-order valence-electron chi connectivity index (χ3n) is 9.22. The Morgan fingerprint density at radius 2 is 1.97 bits per heavy atom. The first-order valence-electron chi connectivity index (χ1n) is 14.1. The molecule has 4 fully saturated rings. The number of fused-ring (bicyclic) bond motifs is 3. The van der Waals surface area contributed by atoms with E-state index in [1.807, 2.05) is 20.2 Å². The molecule has 1 aliphatic carbocycles. The van der Waals surface area contributed by atoms with Crippen LogP contribution in [0.5, 0.6) is 0 Å². The van der Waals surface area contributed by atoms with E-state index in [1.165, 1.54) is 30.5 Å². The molecule has 7 rings (SSSR count). The van der Waals surface area contributed by atoms with Crippen molar-refractivity contribution in [2.75, 3.05) is 39.1 Å². The third kappa shape index (κ3) is 4.06. The normalized spacial score (nSPS) is 30.2. The predicted molar refractivity (Wildman–Crippen MR) is 148 cm³/mol. The van der Waals surface area contributed by atoms with Gasteiger partial charge in [0.15, 0.2) is 0 Å². The van der Waals surface area contributed by atoms with Crippen LogP contribution in [0, 0.1) is 11.7 Å². The fraction of sp³-hybridized carbons (Fsp3) is 0.500. The van der Waals surface area contributed by atoms with Gasteiger partial charge in [-0.1, -0.05) is 6.42 Å². The van der Waals surface area contributed by atoms with Crippen molar-refractivity contribution in [2.45, 2.75) is 56.0 Å². The number of anilines is 1. The van der Waals surface area contributed by atoms with E-state index in [0.29, 0.717) is 40.5 Å². The maximum Gasteiger partial charge on any atom is 0.255 e. The van der Waals surface area contributed by atoms with Gasteiger partial charge in [-0.2, -0.15) is 0 Å². The number of amides is 1. The van der Waals surface area contributed by atoms with E-state index in [0.717, 1.165) is 37.0 Å². The standard InChI is InChI=1S/C30H36FN5O3/c1-32-29(37)26-21-12-20(22(35(2)3)13-25(21)38-28(26)16-7-9-19(31)10-8-16)18-11-23-30(33-14-18)39-24-6-4-5-17-15-34-36(23)27(17)24/h7-10,12-13,17-18,23-24,27,30,33-34H,4-6,11,14-15H2,1-3H3,(H,32,37).